The van der Waals surface area contributed by atoms with Gasteiger partial charge >= 0.3 is 6.03 Å². The summed E-state index contributed by atoms with van der Waals surface area (Å²) in [5.74, 6) is 0.542. The number of rotatable bonds is 23. The summed E-state index contributed by atoms with van der Waals surface area (Å²) in [6.45, 7) is 8.76. The number of primary amides is 1. The number of carbonyl (C=O) groups excluding carboxylic acids is 3. The van der Waals surface area contributed by atoms with Crippen molar-refractivity contribution in [2.24, 2.45) is 11.7 Å². The molecule has 3 aromatic rings. The summed E-state index contributed by atoms with van der Waals surface area (Å²) in [6.07, 6.45) is 7.28. The van der Waals surface area contributed by atoms with Gasteiger partial charge < -0.3 is 35.5 Å². The van der Waals surface area contributed by atoms with Crippen LogP contribution in [0.1, 0.15) is 70.8 Å². The Kier molecular flexibility index (Phi) is 16.9. The first-order valence-electron chi connectivity index (χ1n) is 18.3. The molecule has 2 heterocycles. The minimum atomic E-state index is -0.575. The maximum Gasteiger partial charge on any atom is 0.312 e. The van der Waals surface area contributed by atoms with E-state index in [2.05, 4.69) is 34.8 Å². The van der Waals surface area contributed by atoms with E-state index in [9.17, 15) is 14.4 Å². The van der Waals surface area contributed by atoms with Crippen molar-refractivity contribution in [1.29, 1.82) is 0 Å². The molecule has 0 bridgehead atoms. The van der Waals surface area contributed by atoms with Crippen molar-refractivity contribution in [2.75, 3.05) is 57.6 Å². The van der Waals surface area contributed by atoms with E-state index in [4.69, 9.17) is 19.9 Å². The van der Waals surface area contributed by atoms with Crippen LogP contribution < -0.4 is 21.3 Å². The molecule has 0 spiro atoms. The van der Waals surface area contributed by atoms with Crippen molar-refractivity contribution in [2.45, 2.75) is 78.3 Å². The molecule has 0 saturated heterocycles. The molecule has 0 radical (unpaired) electrons. The lowest BCUT2D eigenvalue weighted by Gasteiger charge is -2.28. The highest BCUT2D eigenvalue weighted by molar-refractivity contribution is 6.01. The first kappa shape index (κ1) is 39.5. The number of ether oxygens (including phenoxy) is 3. The Labute approximate surface area is 301 Å². The summed E-state index contributed by atoms with van der Waals surface area (Å²) in [4.78, 5) is 38.9. The van der Waals surface area contributed by atoms with Crippen LogP contribution in [0.5, 0.6) is 0 Å². The minimum absolute atomic E-state index is 0.0941. The highest BCUT2D eigenvalue weighted by Crippen LogP contribution is 2.41. The van der Waals surface area contributed by atoms with Crippen LogP contribution in [0.25, 0.3) is 22.5 Å². The number of nitrogens with zero attached hydrogens (tertiary/aromatic N) is 4. The molecule has 4 rings (SSSR count). The van der Waals surface area contributed by atoms with Gasteiger partial charge in [0.15, 0.2) is 0 Å². The molecular weight excluding hydrogens is 650 g/mol. The van der Waals surface area contributed by atoms with Crippen LogP contribution in [0, 0.1) is 5.92 Å². The lowest BCUT2D eigenvalue weighted by atomic mass is 9.95. The first-order valence-corrected chi connectivity index (χ1v) is 18.3. The standard InChI is InChI=1S/C38H55N7O6/c1-29(2)12-6-4-3-5-11-19-40-34(46)17-18-35(47)44-28-30-13-7-8-14-31(30)37-36(32-15-9-10-16-33(32)44)42-43-45(37)21-23-50-25-27-51-26-24-49-22-20-41-38(39)48/h7-10,13-16,29H,3-6,11-12,17-28H2,1-2H3,(H,40,46)(H3,39,41,48). The Morgan fingerprint density at radius 2 is 1.45 bits per heavy atom. The molecule has 0 saturated carbocycles. The number of carbonyl (C=O) groups is 3. The van der Waals surface area contributed by atoms with Crippen LogP contribution in [0.4, 0.5) is 10.5 Å². The van der Waals surface area contributed by atoms with Gasteiger partial charge in [0, 0.05) is 37.1 Å². The van der Waals surface area contributed by atoms with E-state index in [1.807, 2.05) is 53.2 Å². The number of hydrogen-bond donors (Lipinski definition) is 3. The largest absolute Gasteiger partial charge is 0.377 e. The molecule has 0 aliphatic carbocycles. The Bertz CT molecular complexity index is 1530. The maximum atomic E-state index is 13.8. The SMILES string of the molecule is CC(C)CCCCCCCNC(=O)CCC(=O)N1Cc2ccccc2-c2c(nnn2CCOCCOCCOCCNC(N)=O)-c2ccccc21. The molecule has 13 nitrogen and oxygen atoms in total. The van der Waals surface area contributed by atoms with Crippen molar-refractivity contribution < 1.29 is 28.6 Å². The van der Waals surface area contributed by atoms with E-state index < -0.39 is 6.03 Å². The van der Waals surface area contributed by atoms with Gasteiger partial charge in [-0.25, -0.2) is 9.48 Å². The normalized spacial score (nSPS) is 12.1. The number of unbranched alkanes of at least 4 members (excludes halogenated alkanes) is 4. The Morgan fingerprint density at radius 3 is 2.22 bits per heavy atom. The van der Waals surface area contributed by atoms with Gasteiger partial charge in [-0.15, -0.1) is 5.10 Å². The van der Waals surface area contributed by atoms with E-state index in [1.165, 1.54) is 25.7 Å². The van der Waals surface area contributed by atoms with Crippen molar-refractivity contribution in [1.82, 2.24) is 25.6 Å². The van der Waals surface area contributed by atoms with Gasteiger partial charge in [-0.05, 0) is 24.0 Å². The minimum Gasteiger partial charge on any atom is -0.377 e. The van der Waals surface area contributed by atoms with Crippen LogP contribution in [-0.2, 0) is 36.9 Å². The lowest BCUT2D eigenvalue weighted by molar-refractivity contribution is -0.125. The summed E-state index contributed by atoms with van der Waals surface area (Å²) in [7, 11) is 0. The summed E-state index contributed by atoms with van der Waals surface area (Å²) in [6, 6.07) is 15.1. The molecular formula is C38H55N7O6. The van der Waals surface area contributed by atoms with E-state index in [0.29, 0.717) is 71.5 Å². The molecule has 51 heavy (non-hydrogen) atoms. The third-order valence-corrected chi connectivity index (χ3v) is 8.67. The third-order valence-electron chi connectivity index (χ3n) is 8.67. The van der Waals surface area contributed by atoms with Crippen molar-refractivity contribution >= 4 is 23.5 Å². The molecule has 4 amide bonds. The summed E-state index contributed by atoms with van der Waals surface area (Å²) in [5.41, 5.74) is 10.0. The van der Waals surface area contributed by atoms with Crippen LogP contribution >= 0.6 is 0 Å². The second-order valence-electron chi connectivity index (χ2n) is 13.1. The first-order chi connectivity index (χ1) is 24.8. The molecule has 1 aromatic heterocycles. The number of hydrogen-bond acceptors (Lipinski definition) is 8. The van der Waals surface area contributed by atoms with E-state index in [-0.39, 0.29) is 24.7 Å². The number of anilines is 1. The zero-order valence-corrected chi connectivity index (χ0v) is 30.2. The Hall–Kier alpha value is -4.33. The van der Waals surface area contributed by atoms with E-state index in [0.717, 1.165) is 46.8 Å². The smallest absolute Gasteiger partial charge is 0.312 e. The molecule has 1 aliphatic rings. The van der Waals surface area contributed by atoms with Crippen LogP contribution in [0.2, 0.25) is 0 Å². The number of nitrogens with two attached hydrogens (primary N) is 1. The highest BCUT2D eigenvalue weighted by Gasteiger charge is 2.29. The molecule has 0 fully saturated rings. The maximum absolute atomic E-state index is 13.8. The topological polar surface area (TPSA) is 163 Å². The van der Waals surface area contributed by atoms with Gasteiger partial charge in [-0.2, -0.15) is 0 Å². The Morgan fingerprint density at radius 1 is 0.784 bits per heavy atom. The molecule has 0 atom stereocenters. The molecule has 13 heteroatoms. The molecule has 4 N–H and O–H groups in total. The van der Waals surface area contributed by atoms with Gasteiger partial charge in [-0.3, -0.25) is 9.59 Å². The number of nitrogens with one attached hydrogen (secondary N) is 2. The fourth-order valence-electron chi connectivity index (χ4n) is 6.01. The zero-order valence-electron chi connectivity index (χ0n) is 30.2. The van der Waals surface area contributed by atoms with Gasteiger partial charge in [0.05, 0.1) is 64.1 Å². The second kappa shape index (κ2) is 21.8. The predicted octanol–water partition coefficient (Wildman–Crippen LogP) is 5.07. The summed E-state index contributed by atoms with van der Waals surface area (Å²) < 4.78 is 18.6. The number of urea groups is 1. The average Bonchev–Trinajstić information content (AvgIpc) is 3.53. The van der Waals surface area contributed by atoms with E-state index >= 15 is 0 Å². The summed E-state index contributed by atoms with van der Waals surface area (Å²) in [5, 5.41) is 14.6. The average molecular weight is 706 g/mol. The van der Waals surface area contributed by atoms with Crippen molar-refractivity contribution in [3.8, 4) is 22.5 Å². The Balaban J connectivity index is 1.30. The quantitative estimate of drug-likeness (QED) is 0.115. The monoisotopic (exact) mass is 705 g/mol. The molecule has 2 aromatic carbocycles. The van der Waals surface area contributed by atoms with Crippen molar-refractivity contribution in [3.63, 3.8) is 0 Å². The van der Waals surface area contributed by atoms with Gasteiger partial charge in [0.1, 0.15) is 5.69 Å². The summed E-state index contributed by atoms with van der Waals surface area (Å²) >= 11 is 0. The lowest BCUT2D eigenvalue weighted by Crippen LogP contribution is -2.33. The van der Waals surface area contributed by atoms with Gasteiger partial charge in [-0.1, -0.05) is 93.6 Å². The fourth-order valence-corrected chi connectivity index (χ4v) is 6.01. The fraction of sp³-hybridized carbons (Fsp3) is 0.553. The number of para-hydroxylation sites is 1. The van der Waals surface area contributed by atoms with Gasteiger partial charge in [0.2, 0.25) is 11.8 Å². The number of fused-ring (bicyclic) bond motifs is 5. The molecule has 1 aliphatic heterocycles. The number of benzene rings is 2. The molecule has 278 valence electrons. The predicted molar refractivity (Wildman–Crippen MR) is 197 cm³/mol. The van der Waals surface area contributed by atoms with Crippen LogP contribution in [-0.4, -0.2) is 85.6 Å². The third kappa shape index (κ3) is 13.1. The van der Waals surface area contributed by atoms with Crippen LogP contribution in [0.15, 0.2) is 48.5 Å². The highest BCUT2D eigenvalue weighted by atomic mass is 16.5. The second-order valence-corrected chi connectivity index (χ2v) is 13.1. The van der Waals surface area contributed by atoms with Crippen LogP contribution in [0.3, 0.4) is 0 Å². The van der Waals surface area contributed by atoms with Crippen molar-refractivity contribution in [3.05, 3.63) is 54.1 Å². The van der Waals surface area contributed by atoms with Gasteiger partial charge in [0.25, 0.3) is 0 Å². The molecule has 0 unspecified atom stereocenters. The number of amides is 4. The zero-order chi connectivity index (χ0) is 36.3. The van der Waals surface area contributed by atoms with E-state index in [1.54, 1.807) is 4.90 Å². The number of aromatic nitrogens is 3.